The molecule has 9 nitrogen and oxygen atoms in total. The Morgan fingerprint density at radius 2 is 1.96 bits per heavy atom. The quantitative estimate of drug-likeness (QED) is 0.543. The lowest BCUT2D eigenvalue weighted by Gasteiger charge is -2.25. The van der Waals surface area contributed by atoms with E-state index in [-0.39, 0.29) is 12.2 Å². The number of hydrogen-bond acceptors (Lipinski definition) is 7. The lowest BCUT2D eigenvalue weighted by Crippen LogP contribution is -2.51. The summed E-state index contributed by atoms with van der Waals surface area (Å²) < 4.78 is 16.4. The van der Waals surface area contributed by atoms with Gasteiger partial charge in [-0.1, -0.05) is 12.1 Å². The molecule has 27 heavy (non-hydrogen) atoms. The second-order valence-electron chi connectivity index (χ2n) is 5.37. The van der Waals surface area contributed by atoms with E-state index in [1.165, 1.54) is 18.5 Å². The second-order valence-corrected chi connectivity index (χ2v) is 6.29. The molecule has 0 radical (unpaired) electrons. The Kier molecular flexibility index (Phi) is 5.87. The van der Waals surface area contributed by atoms with Crippen LogP contribution in [0.5, 0.6) is 11.5 Å². The molecule has 2 N–H and O–H groups in total. The van der Waals surface area contributed by atoms with Gasteiger partial charge >= 0.3 is 5.97 Å². The number of hydrogen-bond donors (Lipinski definition) is 2. The highest BCUT2D eigenvalue weighted by atomic mass is 79.9. The van der Waals surface area contributed by atoms with Gasteiger partial charge in [0.05, 0.1) is 5.56 Å². The summed E-state index contributed by atoms with van der Waals surface area (Å²) >= 11 is 3.18. The van der Waals surface area contributed by atoms with E-state index in [1.54, 1.807) is 24.3 Å². The highest BCUT2D eigenvalue weighted by Gasteiger charge is 2.27. The van der Waals surface area contributed by atoms with Crippen LogP contribution in [0, 0.1) is 0 Å². The van der Waals surface area contributed by atoms with Crippen LogP contribution in [0.4, 0.5) is 0 Å². The maximum Gasteiger partial charge on any atom is 0.340 e. The molecule has 0 aliphatic carbocycles. The third-order valence-electron chi connectivity index (χ3n) is 3.40. The molecule has 1 atom stereocenters. The number of aromatic nitrogens is 1. The number of ether oxygens (including phenoxy) is 3. The summed E-state index contributed by atoms with van der Waals surface area (Å²) in [6.07, 6.45) is 1.90. The van der Waals surface area contributed by atoms with Crippen LogP contribution < -0.4 is 20.3 Å². The fourth-order valence-electron chi connectivity index (χ4n) is 2.13. The summed E-state index contributed by atoms with van der Waals surface area (Å²) in [6.45, 7) is -0.569. The minimum absolute atomic E-state index is 0.00356. The summed E-state index contributed by atoms with van der Waals surface area (Å²) in [5, 5.41) is 0. The molecule has 0 bridgehead atoms. The molecule has 2 aromatic rings. The number of benzene rings is 1. The number of hydrazine groups is 1. The molecule has 3 rings (SSSR count). The van der Waals surface area contributed by atoms with Crippen molar-refractivity contribution in [1.29, 1.82) is 0 Å². The number of para-hydroxylation sites is 2. The monoisotopic (exact) mass is 435 g/mol. The highest BCUT2D eigenvalue weighted by molar-refractivity contribution is 9.10. The third kappa shape index (κ3) is 4.94. The number of pyridine rings is 1. The number of fused-ring (bicyclic) bond motifs is 1. The van der Waals surface area contributed by atoms with Crippen molar-refractivity contribution < 1.29 is 28.6 Å². The van der Waals surface area contributed by atoms with E-state index in [0.717, 1.165) is 0 Å². The van der Waals surface area contributed by atoms with Crippen LogP contribution in [-0.2, 0) is 14.3 Å². The van der Waals surface area contributed by atoms with Gasteiger partial charge in [-0.15, -0.1) is 0 Å². The second kappa shape index (κ2) is 8.49. The van der Waals surface area contributed by atoms with E-state index in [9.17, 15) is 14.4 Å². The average molecular weight is 436 g/mol. The Bertz CT molecular complexity index is 875. The first-order chi connectivity index (χ1) is 13.0. The minimum Gasteiger partial charge on any atom is -0.485 e. The summed E-state index contributed by atoms with van der Waals surface area (Å²) in [4.78, 5) is 39.4. The van der Waals surface area contributed by atoms with Gasteiger partial charge in [-0.05, 0) is 34.1 Å². The van der Waals surface area contributed by atoms with Crippen LogP contribution in [0.2, 0.25) is 0 Å². The fraction of sp³-hybridized carbons (Fsp3) is 0.176. The molecule has 0 saturated heterocycles. The van der Waals surface area contributed by atoms with E-state index in [4.69, 9.17) is 14.2 Å². The smallest absolute Gasteiger partial charge is 0.340 e. The van der Waals surface area contributed by atoms with Crippen molar-refractivity contribution in [2.75, 3.05) is 13.2 Å². The number of carbonyl (C=O) groups is 3. The number of rotatable bonds is 4. The van der Waals surface area contributed by atoms with Gasteiger partial charge in [-0.3, -0.25) is 25.4 Å². The molecular weight excluding hydrogens is 422 g/mol. The number of esters is 1. The zero-order valence-electron chi connectivity index (χ0n) is 13.8. The predicted octanol–water partition coefficient (Wildman–Crippen LogP) is 0.988. The molecule has 1 unspecified atom stereocenters. The molecular formula is C17H14BrN3O6. The van der Waals surface area contributed by atoms with Crippen molar-refractivity contribution in [3.63, 3.8) is 0 Å². The summed E-state index contributed by atoms with van der Waals surface area (Å²) in [5.74, 6) is -1.05. The summed E-state index contributed by atoms with van der Waals surface area (Å²) in [7, 11) is 0. The fourth-order valence-corrected chi connectivity index (χ4v) is 2.50. The molecule has 1 aromatic carbocycles. The third-order valence-corrected chi connectivity index (χ3v) is 3.83. The Balaban J connectivity index is 1.43. The molecule has 10 heteroatoms. The van der Waals surface area contributed by atoms with Gasteiger partial charge in [0.15, 0.2) is 18.1 Å². The van der Waals surface area contributed by atoms with E-state index in [0.29, 0.717) is 16.0 Å². The highest BCUT2D eigenvalue weighted by Crippen LogP contribution is 2.30. The zero-order chi connectivity index (χ0) is 19.2. The Hall–Kier alpha value is -3.14. The molecule has 1 aliphatic heterocycles. The molecule has 140 valence electrons. The standard InChI is InChI=1S/C17H14BrN3O6/c18-11-5-10(6-19-7-11)17(24)26-9-15(22)20-21-16(23)14-8-25-12-3-1-2-4-13(12)27-14/h1-7,14H,8-9H2,(H,20,22)(H,21,23). The van der Waals surface area contributed by atoms with Crippen LogP contribution in [0.3, 0.4) is 0 Å². The van der Waals surface area contributed by atoms with Crippen molar-refractivity contribution >= 4 is 33.7 Å². The molecule has 1 aliphatic rings. The van der Waals surface area contributed by atoms with E-state index in [1.807, 2.05) is 0 Å². The first-order valence-corrected chi connectivity index (χ1v) is 8.57. The van der Waals surface area contributed by atoms with E-state index >= 15 is 0 Å². The largest absolute Gasteiger partial charge is 0.485 e. The number of carbonyl (C=O) groups excluding carboxylic acids is 3. The van der Waals surface area contributed by atoms with Crippen LogP contribution >= 0.6 is 15.9 Å². The lowest BCUT2D eigenvalue weighted by molar-refractivity contribution is -0.135. The number of amides is 2. The SMILES string of the molecule is O=C(COC(=O)c1cncc(Br)c1)NNC(=O)C1COc2ccccc2O1. The molecule has 0 saturated carbocycles. The Morgan fingerprint density at radius 3 is 2.74 bits per heavy atom. The maximum atomic E-state index is 12.1. The van der Waals surface area contributed by atoms with Crippen molar-refractivity contribution in [2.24, 2.45) is 0 Å². The molecule has 0 fully saturated rings. The van der Waals surface area contributed by atoms with Crippen LogP contribution in [0.25, 0.3) is 0 Å². The van der Waals surface area contributed by atoms with E-state index < -0.39 is 30.5 Å². The minimum atomic E-state index is -0.921. The normalized spacial score (nSPS) is 14.8. The first-order valence-electron chi connectivity index (χ1n) is 7.78. The molecule has 2 amide bonds. The molecule has 1 aromatic heterocycles. The van der Waals surface area contributed by atoms with Gasteiger partial charge in [-0.25, -0.2) is 4.79 Å². The van der Waals surface area contributed by atoms with Gasteiger partial charge in [0, 0.05) is 16.9 Å². The number of halogens is 1. The van der Waals surface area contributed by atoms with Crippen LogP contribution in [0.15, 0.2) is 47.2 Å². The van der Waals surface area contributed by atoms with Crippen LogP contribution in [0.1, 0.15) is 10.4 Å². The zero-order valence-corrected chi connectivity index (χ0v) is 15.4. The predicted molar refractivity (Wildman–Crippen MR) is 94.9 cm³/mol. The average Bonchev–Trinajstić information content (AvgIpc) is 2.69. The van der Waals surface area contributed by atoms with Crippen molar-refractivity contribution in [3.8, 4) is 11.5 Å². The van der Waals surface area contributed by atoms with Crippen LogP contribution in [-0.4, -0.2) is 42.1 Å². The van der Waals surface area contributed by atoms with Gasteiger partial charge in [-0.2, -0.15) is 0 Å². The van der Waals surface area contributed by atoms with Gasteiger partial charge in [0.2, 0.25) is 6.10 Å². The van der Waals surface area contributed by atoms with Gasteiger partial charge < -0.3 is 14.2 Å². The maximum absolute atomic E-state index is 12.1. The van der Waals surface area contributed by atoms with Crippen molar-refractivity contribution in [1.82, 2.24) is 15.8 Å². The number of nitrogens with one attached hydrogen (secondary N) is 2. The van der Waals surface area contributed by atoms with Gasteiger partial charge in [0.1, 0.15) is 6.61 Å². The molecule has 0 spiro atoms. The number of nitrogens with zero attached hydrogens (tertiary/aromatic N) is 1. The van der Waals surface area contributed by atoms with E-state index in [2.05, 4.69) is 31.8 Å². The van der Waals surface area contributed by atoms with Crippen molar-refractivity contribution in [2.45, 2.75) is 6.10 Å². The summed E-state index contributed by atoms with van der Waals surface area (Å²) in [5.41, 5.74) is 4.53. The lowest BCUT2D eigenvalue weighted by atomic mass is 10.2. The first kappa shape index (κ1) is 18.6. The Morgan fingerprint density at radius 1 is 1.19 bits per heavy atom. The Labute approximate surface area is 162 Å². The topological polar surface area (TPSA) is 116 Å². The molecule has 2 heterocycles. The van der Waals surface area contributed by atoms with Crippen molar-refractivity contribution in [3.05, 3.63) is 52.8 Å². The van der Waals surface area contributed by atoms with Gasteiger partial charge in [0.25, 0.3) is 11.8 Å². The summed E-state index contributed by atoms with van der Waals surface area (Å²) in [6, 6.07) is 8.44.